The van der Waals surface area contributed by atoms with Crippen molar-refractivity contribution in [3.63, 3.8) is 0 Å². The molecule has 6 heteroatoms. The fourth-order valence-corrected chi connectivity index (χ4v) is 2.23. The van der Waals surface area contributed by atoms with E-state index in [-0.39, 0.29) is 12.1 Å². The molecule has 0 saturated carbocycles. The van der Waals surface area contributed by atoms with Crippen molar-refractivity contribution in [2.45, 2.75) is 25.9 Å². The Labute approximate surface area is 109 Å². The van der Waals surface area contributed by atoms with E-state index in [1.807, 2.05) is 0 Å². The first-order valence-electron chi connectivity index (χ1n) is 5.97. The minimum Gasteiger partial charge on any atom is -0.377 e. The van der Waals surface area contributed by atoms with Crippen LogP contribution in [0.1, 0.15) is 24.2 Å². The lowest BCUT2D eigenvalue weighted by atomic mass is 10.1. The van der Waals surface area contributed by atoms with Crippen LogP contribution in [0.4, 0.5) is 13.2 Å². The molecule has 0 spiro atoms. The summed E-state index contributed by atoms with van der Waals surface area (Å²) in [7, 11) is 0. The van der Waals surface area contributed by atoms with E-state index in [0.717, 1.165) is 12.1 Å². The summed E-state index contributed by atoms with van der Waals surface area (Å²) >= 11 is 0. The van der Waals surface area contributed by atoms with E-state index in [1.54, 1.807) is 13.8 Å². The molecule has 2 rings (SSSR count). The van der Waals surface area contributed by atoms with Gasteiger partial charge >= 0.3 is 0 Å². The quantitative estimate of drug-likeness (QED) is 0.735. The molecule has 1 aliphatic rings. The minimum absolute atomic E-state index is 0.247. The summed E-state index contributed by atoms with van der Waals surface area (Å²) in [5.74, 6) is -5.04. The SMILES string of the molecule is CC1COCC(C)N1C(=O)c1ccc(F)c(F)c1F. The fraction of sp³-hybridized carbons (Fsp3) is 0.462. The van der Waals surface area contributed by atoms with Crippen LogP contribution in [0.3, 0.4) is 0 Å². The Bertz CT molecular complexity index is 497. The van der Waals surface area contributed by atoms with Crippen LogP contribution in [0.15, 0.2) is 12.1 Å². The molecular weight excluding hydrogens is 259 g/mol. The van der Waals surface area contributed by atoms with Gasteiger partial charge < -0.3 is 9.64 Å². The number of carbonyl (C=O) groups excluding carboxylic acids is 1. The van der Waals surface area contributed by atoms with Crippen molar-refractivity contribution in [1.29, 1.82) is 0 Å². The molecule has 1 amide bonds. The number of hydrogen-bond acceptors (Lipinski definition) is 2. The van der Waals surface area contributed by atoms with Crippen molar-refractivity contribution in [2.24, 2.45) is 0 Å². The molecular formula is C13H14F3NO2. The fourth-order valence-electron chi connectivity index (χ4n) is 2.23. The Hall–Kier alpha value is -1.56. The highest BCUT2D eigenvalue weighted by molar-refractivity contribution is 5.95. The number of amides is 1. The zero-order valence-corrected chi connectivity index (χ0v) is 10.6. The molecule has 1 saturated heterocycles. The second-order valence-electron chi connectivity index (χ2n) is 4.67. The van der Waals surface area contributed by atoms with Crippen molar-refractivity contribution < 1.29 is 22.7 Å². The van der Waals surface area contributed by atoms with Gasteiger partial charge in [0.15, 0.2) is 17.5 Å². The highest BCUT2D eigenvalue weighted by Gasteiger charge is 2.32. The Morgan fingerprint density at radius 3 is 2.32 bits per heavy atom. The predicted molar refractivity (Wildman–Crippen MR) is 62.2 cm³/mol. The number of carbonyl (C=O) groups is 1. The van der Waals surface area contributed by atoms with Crippen LogP contribution < -0.4 is 0 Å². The maximum Gasteiger partial charge on any atom is 0.257 e. The Morgan fingerprint density at radius 2 is 1.74 bits per heavy atom. The maximum absolute atomic E-state index is 13.6. The van der Waals surface area contributed by atoms with E-state index in [0.29, 0.717) is 13.2 Å². The molecule has 1 aliphatic heterocycles. The van der Waals surface area contributed by atoms with Gasteiger partial charge in [0.25, 0.3) is 5.91 Å². The summed E-state index contributed by atoms with van der Waals surface area (Å²) in [5, 5.41) is 0. The molecule has 0 aromatic heterocycles. The van der Waals surface area contributed by atoms with Crippen LogP contribution in [0.2, 0.25) is 0 Å². The van der Waals surface area contributed by atoms with Gasteiger partial charge in [-0.1, -0.05) is 0 Å². The zero-order chi connectivity index (χ0) is 14.2. The standard InChI is InChI=1S/C13H14F3NO2/c1-7-5-19-6-8(2)17(7)13(18)9-3-4-10(14)12(16)11(9)15/h3-4,7-8H,5-6H2,1-2H3. The van der Waals surface area contributed by atoms with Crippen LogP contribution in [-0.4, -0.2) is 36.1 Å². The lowest BCUT2D eigenvalue weighted by Crippen LogP contribution is -2.52. The van der Waals surface area contributed by atoms with Gasteiger partial charge in [-0.3, -0.25) is 4.79 Å². The zero-order valence-electron chi connectivity index (χ0n) is 10.6. The topological polar surface area (TPSA) is 29.5 Å². The van der Waals surface area contributed by atoms with Crippen LogP contribution >= 0.6 is 0 Å². The third-order valence-corrected chi connectivity index (χ3v) is 3.17. The summed E-state index contributed by atoms with van der Waals surface area (Å²) < 4.78 is 44.9. The minimum atomic E-state index is -1.63. The Morgan fingerprint density at radius 1 is 1.16 bits per heavy atom. The number of nitrogens with zero attached hydrogens (tertiary/aromatic N) is 1. The van der Waals surface area contributed by atoms with E-state index in [2.05, 4.69) is 0 Å². The molecule has 0 bridgehead atoms. The highest BCUT2D eigenvalue weighted by atomic mass is 19.2. The molecule has 1 fully saturated rings. The van der Waals surface area contributed by atoms with Crippen molar-refractivity contribution in [2.75, 3.05) is 13.2 Å². The number of morpholine rings is 1. The molecule has 104 valence electrons. The van der Waals surface area contributed by atoms with Gasteiger partial charge in [-0.25, -0.2) is 13.2 Å². The summed E-state index contributed by atoms with van der Waals surface area (Å²) in [4.78, 5) is 13.7. The van der Waals surface area contributed by atoms with Crippen molar-refractivity contribution >= 4 is 5.91 Å². The average molecular weight is 273 g/mol. The Balaban J connectivity index is 2.36. The molecule has 1 heterocycles. The van der Waals surface area contributed by atoms with E-state index >= 15 is 0 Å². The van der Waals surface area contributed by atoms with Gasteiger partial charge in [-0.05, 0) is 26.0 Å². The van der Waals surface area contributed by atoms with Crippen LogP contribution in [0.5, 0.6) is 0 Å². The molecule has 0 aliphatic carbocycles. The van der Waals surface area contributed by atoms with Gasteiger partial charge in [0.05, 0.1) is 30.9 Å². The van der Waals surface area contributed by atoms with E-state index in [1.165, 1.54) is 4.90 Å². The molecule has 1 aromatic carbocycles. The lowest BCUT2D eigenvalue weighted by Gasteiger charge is -2.38. The van der Waals surface area contributed by atoms with E-state index < -0.39 is 28.9 Å². The maximum atomic E-state index is 13.6. The van der Waals surface area contributed by atoms with E-state index in [4.69, 9.17) is 4.74 Å². The largest absolute Gasteiger partial charge is 0.377 e. The normalized spacial score (nSPS) is 23.5. The smallest absolute Gasteiger partial charge is 0.257 e. The van der Waals surface area contributed by atoms with Gasteiger partial charge in [0.1, 0.15) is 0 Å². The number of benzene rings is 1. The summed E-state index contributed by atoms with van der Waals surface area (Å²) in [6.45, 7) is 4.18. The average Bonchev–Trinajstić information content (AvgIpc) is 2.35. The van der Waals surface area contributed by atoms with Crippen molar-refractivity contribution in [1.82, 2.24) is 4.90 Å². The first kappa shape index (κ1) is 13.9. The molecule has 19 heavy (non-hydrogen) atoms. The molecule has 3 nitrogen and oxygen atoms in total. The van der Waals surface area contributed by atoms with Crippen molar-refractivity contribution in [3.05, 3.63) is 35.1 Å². The third-order valence-electron chi connectivity index (χ3n) is 3.17. The van der Waals surface area contributed by atoms with Crippen LogP contribution in [0, 0.1) is 17.5 Å². The summed E-state index contributed by atoms with van der Waals surface area (Å²) in [6, 6.07) is 1.22. The van der Waals surface area contributed by atoms with Crippen molar-refractivity contribution in [3.8, 4) is 0 Å². The summed E-state index contributed by atoms with van der Waals surface area (Å²) in [6.07, 6.45) is 0. The first-order chi connectivity index (χ1) is 8.93. The van der Waals surface area contributed by atoms with Crippen LogP contribution in [0.25, 0.3) is 0 Å². The van der Waals surface area contributed by atoms with Gasteiger partial charge in [0, 0.05) is 0 Å². The molecule has 2 atom stereocenters. The number of ether oxygens (including phenoxy) is 1. The van der Waals surface area contributed by atoms with Gasteiger partial charge in [0.2, 0.25) is 0 Å². The molecule has 2 unspecified atom stereocenters. The third kappa shape index (κ3) is 2.45. The van der Waals surface area contributed by atoms with Gasteiger partial charge in [-0.15, -0.1) is 0 Å². The number of rotatable bonds is 1. The first-order valence-corrected chi connectivity index (χ1v) is 5.97. The molecule has 0 radical (unpaired) electrons. The number of hydrogen-bond donors (Lipinski definition) is 0. The summed E-state index contributed by atoms with van der Waals surface area (Å²) in [5.41, 5.74) is -0.459. The number of halogens is 3. The molecule has 1 aromatic rings. The predicted octanol–water partition coefficient (Wildman–Crippen LogP) is 2.35. The van der Waals surface area contributed by atoms with E-state index in [9.17, 15) is 18.0 Å². The molecule has 0 N–H and O–H groups in total. The second-order valence-corrected chi connectivity index (χ2v) is 4.67. The highest BCUT2D eigenvalue weighted by Crippen LogP contribution is 2.21. The monoisotopic (exact) mass is 273 g/mol. The second kappa shape index (κ2) is 5.21. The van der Waals surface area contributed by atoms with Gasteiger partial charge in [-0.2, -0.15) is 0 Å². The lowest BCUT2D eigenvalue weighted by molar-refractivity contribution is -0.0252. The Kier molecular flexibility index (Phi) is 3.80. The van der Waals surface area contributed by atoms with Crippen LogP contribution in [-0.2, 0) is 4.74 Å².